The number of carbonyl (C=O) groups excluding carboxylic acids is 2. The first kappa shape index (κ1) is 37.1. The van der Waals surface area contributed by atoms with E-state index >= 15 is 0 Å². The number of imide groups is 1. The predicted octanol–water partition coefficient (Wildman–Crippen LogP) is 5.91. The molecule has 5 aliphatic rings. The molecule has 57 heavy (non-hydrogen) atoms. The second kappa shape index (κ2) is 15.8. The average Bonchev–Trinajstić information content (AvgIpc) is 3.92. The first-order valence-corrected chi connectivity index (χ1v) is 21.1. The summed E-state index contributed by atoms with van der Waals surface area (Å²) in [5.41, 5.74) is 5.75. The van der Waals surface area contributed by atoms with Crippen LogP contribution in [0.1, 0.15) is 81.9 Å². The Morgan fingerprint density at radius 1 is 1.02 bits per heavy atom. The van der Waals surface area contributed by atoms with Gasteiger partial charge in [-0.2, -0.15) is 10.4 Å². The van der Waals surface area contributed by atoms with E-state index in [0.717, 1.165) is 108 Å². The van der Waals surface area contributed by atoms with Gasteiger partial charge in [-0.05, 0) is 100 Å². The molecule has 1 aliphatic carbocycles. The second-order valence-corrected chi connectivity index (χ2v) is 17.1. The standard InChI is InChI=1S/C42H48N12O2S/c1-26(20-43)18-30-9-11-37(54(30)44-2)36-19-35(47-29-4-3-5-29)34(22-45-36)41-49-50-42(57-41)52-24-31-7-8-32(25-52)53(31)23-27-14-16-51(17-15-27)38-12-6-28(21-46-38)33-10-13-39(55)48-40(33)56/h6,9,11-12,18-19,21-22,27,29,31-33H,2-5,7-8,10,13-17,23-25H2,1H3,(H,45,47)(H,48,55,56)/b26-18+/t31?,32?,33-/m1/s1. The lowest BCUT2D eigenvalue weighted by atomic mass is 9.91. The summed E-state index contributed by atoms with van der Waals surface area (Å²) >= 11 is 1.65. The third kappa shape index (κ3) is 7.56. The molecule has 3 atom stereocenters. The molecule has 0 aromatic carbocycles. The number of nitrogens with one attached hydrogen (secondary N) is 2. The van der Waals surface area contributed by atoms with Crippen LogP contribution in [-0.2, 0) is 9.59 Å². The highest BCUT2D eigenvalue weighted by atomic mass is 32.1. The molecule has 9 rings (SSSR count). The van der Waals surface area contributed by atoms with Gasteiger partial charge in [-0.15, -0.1) is 10.2 Å². The van der Waals surface area contributed by atoms with Crippen molar-refractivity contribution < 1.29 is 9.59 Å². The van der Waals surface area contributed by atoms with Crippen molar-refractivity contribution in [3.05, 3.63) is 59.6 Å². The zero-order chi connectivity index (χ0) is 39.0. The maximum absolute atomic E-state index is 12.3. The first-order chi connectivity index (χ1) is 27.8. The highest BCUT2D eigenvalue weighted by Crippen LogP contribution is 2.40. The summed E-state index contributed by atoms with van der Waals surface area (Å²) in [7, 11) is 0. The third-order valence-electron chi connectivity index (χ3n) is 12.6. The minimum Gasteiger partial charge on any atom is -0.382 e. The highest BCUT2D eigenvalue weighted by molar-refractivity contribution is 7.18. The van der Waals surface area contributed by atoms with E-state index in [9.17, 15) is 14.9 Å². The number of fused-ring (bicyclic) bond motifs is 2. The molecule has 0 spiro atoms. The molecule has 8 heterocycles. The van der Waals surface area contributed by atoms with Crippen LogP contribution in [-0.4, -0.2) is 99.1 Å². The zero-order valence-electron chi connectivity index (χ0n) is 32.3. The topological polar surface area (TPSA) is 161 Å². The summed E-state index contributed by atoms with van der Waals surface area (Å²) in [6, 6.07) is 13.6. The van der Waals surface area contributed by atoms with Gasteiger partial charge in [0.05, 0.1) is 34.6 Å². The molecule has 14 nitrogen and oxygen atoms in total. The van der Waals surface area contributed by atoms with Crippen molar-refractivity contribution >= 4 is 52.6 Å². The van der Waals surface area contributed by atoms with Gasteiger partial charge in [-0.1, -0.05) is 17.4 Å². The molecule has 2 unspecified atom stereocenters. The predicted molar refractivity (Wildman–Crippen MR) is 222 cm³/mol. The Morgan fingerprint density at radius 2 is 1.82 bits per heavy atom. The van der Waals surface area contributed by atoms with E-state index in [-0.39, 0.29) is 17.7 Å². The minimum atomic E-state index is -0.304. The van der Waals surface area contributed by atoms with E-state index < -0.39 is 0 Å². The summed E-state index contributed by atoms with van der Waals surface area (Å²) in [6.07, 6.45) is 14.6. The quantitative estimate of drug-likeness (QED) is 0.106. The fraction of sp³-hybridized carbons (Fsp3) is 0.476. The number of piperidine rings is 2. The fourth-order valence-corrected chi connectivity index (χ4v) is 10.0. The van der Waals surface area contributed by atoms with Gasteiger partial charge < -0.3 is 15.1 Å². The van der Waals surface area contributed by atoms with Crippen LogP contribution < -0.4 is 20.4 Å². The lowest BCUT2D eigenvalue weighted by Crippen LogP contribution is -2.55. The van der Waals surface area contributed by atoms with Gasteiger partial charge in [0.1, 0.15) is 5.82 Å². The van der Waals surface area contributed by atoms with Crippen molar-refractivity contribution in [3.8, 4) is 28.0 Å². The first-order valence-electron chi connectivity index (χ1n) is 20.3. The molecule has 4 aliphatic heterocycles. The second-order valence-electron chi connectivity index (χ2n) is 16.2. The van der Waals surface area contributed by atoms with Crippen LogP contribution in [0.5, 0.6) is 0 Å². The summed E-state index contributed by atoms with van der Waals surface area (Å²) < 4.78 is 1.72. The van der Waals surface area contributed by atoms with Crippen LogP contribution in [0.25, 0.3) is 28.0 Å². The Morgan fingerprint density at radius 3 is 2.51 bits per heavy atom. The van der Waals surface area contributed by atoms with Gasteiger partial charge in [0, 0.05) is 87.6 Å². The van der Waals surface area contributed by atoms with Crippen molar-refractivity contribution in [2.75, 3.05) is 47.8 Å². The number of allylic oxidation sites excluding steroid dienone is 1. The van der Waals surface area contributed by atoms with E-state index in [0.29, 0.717) is 42.5 Å². The Labute approximate surface area is 336 Å². The minimum absolute atomic E-state index is 0.195. The maximum atomic E-state index is 12.3. The van der Waals surface area contributed by atoms with E-state index in [2.05, 4.69) is 49.3 Å². The molecule has 4 saturated heterocycles. The van der Waals surface area contributed by atoms with Gasteiger partial charge >= 0.3 is 0 Å². The molecule has 4 aromatic heterocycles. The number of anilines is 3. The molecule has 2 amide bonds. The van der Waals surface area contributed by atoms with Crippen LogP contribution in [0.3, 0.4) is 0 Å². The number of rotatable bonds is 11. The Hall–Kier alpha value is -5.46. The van der Waals surface area contributed by atoms with Gasteiger partial charge in [0.2, 0.25) is 16.9 Å². The van der Waals surface area contributed by atoms with Crippen molar-refractivity contribution in [3.63, 3.8) is 0 Å². The number of carbonyl (C=O) groups is 2. The third-order valence-corrected chi connectivity index (χ3v) is 13.6. The zero-order valence-corrected chi connectivity index (χ0v) is 33.1. The lowest BCUT2D eigenvalue weighted by molar-refractivity contribution is -0.134. The van der Waals surface area contributed by atoms with Gasteiger partial charge in [-0.25, -0.2) is 9.66 Å². The van der Waals surface area contributed by atoms with Crippen LogP contribution >= 0.6 is 11.3 Å². The van der Waals surface area contributed by atoms with E-state index in [4.69, 9.17) is 20.2 Å². The van der Waals surface area contributed by atoms with Crippen molar-refractivity contribution in [1.29, 1.82) is 5.26 Å². The average molecular weight is 785 g/mol. The van der Waals surface area contributed by atoms with E-state index in [1.54, 1.807) is 29.0 Å². The van der Waals surface area contributed by atoms with Crippen molar-refractivity contribution in [2.24, 2.45) is 11.0 Å². The van der Waals surface area contributed by atoms with Crippen LogP contribution in [0.4, 0.5) is 16.6 Å². The number of hydrogen-bond donors (Lipinski definition) is 2. The molecular weight excluding hydrogens is 737 g/mol. The monoisotopic (exact) mass is 784 g/mol. The maximum Gasteiger partial charge on any atom is 0.234 e. The largest absolute Gasteiger partial charge is 0.382 e. The molecule has 2 bridgehead atoms. The smallest absolute Gasteiger partial charge is 0.234 e. The number of nitriles is 1. The Balaban J connectivity index is 0.834. The molecular formula is C42H48N12O2S. The summed E-state index contributed by atoms with van der Waals surface area (Å²) in [6.45, 7) is 10.6. The SMILES string of the molecule is C=Nn1c(/C=C(\C)C#N)ccc1-c1cc(NC2CCC2)c(-c2nnc(N3CC4CCC(C3)N4CC3CCN(c4ccc([C@H]5CCC(=O)NC5=O)cn4)CC3)s2)cn1. The highest BCUT2D eigenvalue weighted by Gasteiger charge is 2.42. The normalized spacial score (nSPS) is 23.3. The van der Waals surface area contributed by atoms with Gasteiger partial charge in [-0.3, -0.25) is 24.8 Å². The molecule has 0 radical (unpaired) electrons. The molecule has 1 saturated carbocycles. The van der Waals surface area contributed by atoms with Gasteiger partial charge in [0.25, 0.3) is 0 Å². The number of hydrogen-bond acceptors (Lipinski definition) is 13. The summed E-state index contributed by atoms with van der Waals surface area (Å²) in [4.78, 5) is 41.1. The van der Waals surface area contributed by atoms with Crippen molar-refractivity contribution in [2.45, 2.75) is 88.8 Å². The lowest BCUT2D eigenvalue weighted by Gasteiger charge is -2.43. The van der Waals surface area contributed by atoms with Gasteiger partial charge in [0.15, 0.2) is 5.01 Å². The van der Waals surface area contributed by atoms with Crippen LogP contribution in [0, 0.1) is 17.2 Å². The number of amides is 2. The molecule has 5 fully saturated rings. The molecule has 2 N–H and O–H groups in total. The Bertz CT molecular complexity index is 2210. The van der Waals surface area contributed by atoms with E-state index in [1.807, 2.05) is 36.7 Å². The number of aromatic nitrogens is 5. The Kier molecular flexibility index (Phi) is 10.3. The van der Waals surface area contributed by atoms with Crippen molar-refractivity contribution in [1.82, 2.24) is 35.1 Å². The summed E-state index contributed by atoms with van der Waals surface area (Å²) in [5, 5.41) is 31.1. The molecule has 15 heteroatoms. The number of piperazine rings is 1. The molecule has 4 aromatic rings. The molecule has 294 valence electrons. The van der Waals surface area contributed by atoms with E-state index in [1.165, 1.54) is 19.3 Å². The summed E-state index contributed by atoms with van der Waals surface area (Å²) in [5.74, 6) is 0.892. The fourth-order valence-electron chi connectivity index (χ4n) is 9.16. The number of pyridine rings is 2. The van der Waals surface area contributed by atoms with Crippen LogP contribution in [0.2, 0.25) is 0 Å². The number of nitrogens with zero attached hydrogens (tertiary/aromatic N) is 10. The van der Waals surface area contributed by atoms with Crippen LogP contribution in [0.15, 0.2) is 53.4 Å².